The zero-order valence-corrected chi connectivity index (χ0v) is 16.9. The third kappa shape index (κ3) is 5.42. The molecule has 1 atom stereocenters. The highest BCUT2D eigenvalue weighted by Crippen LogP contribution is 2.20. The number of hydrogen-bond acceptors (Lipinski definition) is 3. The zero-order chi connectivity index (χ0) is 19.9. The highest BCUT2D eigenvalue weighted by atomic mass is 79.9. The first kappa shape index (κ1) is 20.1. The van der Waals surface area contributed by atoms with Crippen LogP contribution in [-0.2, 0) is 16.1 Å². The van der Waals surface area contributed by atoms with Crippen LogP contribution in [0.5, 0.6) is 0 Å². The number of halogens is 1. The van der Waals surface area contributed by atoms with Crippen LogP contribution in [0.4, 0.5) is 0 Å². The molecule has 6 nitrogen and oxygen atoms in total. The number of rotatable bonds is 7. The van der Waals surface area contributed by atoms with Gasteiger partial charge in [-0.3, -0.25) is 14.4 Å². The van der Waals surface area contributed by atoms with Gasteiger partial charge in [0.2, 0.25) is 11.8 Å². The molecule has 0 saturated carbocycles. The minimum Gasteiger partial charge on any atom is -0.354 e. The molecule has 3 amide bonds. The largest absolute Gasteiger partial charge is 0.354 e. The number of nitrogens with one attached hydrogen (secondary N) is 2. The molecule has 3 rings (SSSR count). The molecule has 2 aromatic rings. The standard InChI is InChI=1S/C21H22BrN3O3/c22-18-8-4-7-16(11-18)20(27)23-9-10-24-21(28)17-12-19(26)25(14-17)13-15-5-2-1-3-6-15/h1-8,11,17H,9-10,12-14H2,(H,23,27)(H,24,28). The number of nitrogens with zero attached hydrogens (tertiary/aromatic N) is 1. The second-order valence-electron chi connectivity index (χ2n) is 6.72. The van der Waals surface area contributed by atoms with E-state index in [4.69, 9.17) is 0 Å². The van der Waals surface area contributed by atoms with E-state index in [0.717, 1.165) is 10.0 Å². The van der Waals surface area contributed by atoms with E-state index in [-0.39, 0.29) is 30.1 Å². The molecular formula is C21H22BrN3O3. The Morgan fingerprint density at radius 2 is 1.79 bits per heavy atom. The molecule has 1 heterocycles. The summed E-state index contributed by atoms with van der Waals surface area (Å²) in [6.45, 7) is 1.59. The molecule has 0 aromatic heterocycles. The smallest absolute Gasteiger partial charge is 0.251 e. The second kappa shape index (κ2) is 9.50. The van der Waals surface area contributed by atoms with Crippen molar-refractivity contribution in [1.82, 2.24) is 15.5 Å². The number of likely N-dealkylation sites (tertiary alicyclic amines) is 1. The van der Waals surface area contributed by atoms with Crippen molar-refractivity contribution in [2.45, 2.75) is 13.0 Å². The Labute approximate surface area is 172 Å². The van der Waals surface area contributed by atoms with Gasteiger partial charge in [0.05, 0.1) is 5.92 Å². The molecular weight excluding hydrogens is 422 g/mol. The van der Waals surface area contributed by atoms with Gasteiger partial charge in [0.25, 0.3) is 5.91 Å². The fourth-order valence-corrected chi connectivity index (χ4v) is 3.54. The summed E-state index contributed by atoms with van der Waals surface area (Å²) in [7, 11) is 0. The molecule has 0 spiro atoms. The van der Waals surface area contributed by atoms with Crippen LogP contribution in [0.25, 0.3) is 0 Å². The van der Waals surface area contributed by atoms with Crippen LogP contribution in [0.1, 0.15) is 22.3 Å². The van der Waals surface area contributed by atoms with E-state index < -0.39 is 0 Å². The summed E-state index contributed by atoms with van der Waals surface area (Å²) < 4.78 is 0.833. The lowest BCUT2D eigenvalue weighted by Crippen LogP contribution is -2.38. The van der Waals surface area contributed by atoms with E-state index in [1.807, 2.05) is 36.4 Å². The summed E-state index contributed by atoms with van der Waals surface area (Å²) in [5.74, 6) is -0.704. The number of benzene rings is 2. The van der Waals surface area contributed by atoms with Crippen molar-refractivity contribution in [2.24, 2.45) is 5.92 Å². The van der Waals surface area contributed by atoms with Gasteiger partial charge in [-0.2, -0.15) is 0 Å². The monoisotopic (exact) mass is 443 g/mol. The van der Waals surface area contributed by atoms with E-state index >= 15 is 0 Å². The van der Waals surface area contributed by atoms with E-state index in [9.17, 15) is 14.4 Å². The van der Waals surface area contributed by atoms with E-state index in [1.54, 1.807) is 23.1 Å². The van der Waals surface area contributed by atoms with Gasteiger partial charge >= 0.3 is 0 Å². The van der Waals surface area contributed by atoms with Crippen molar-refractivity contribution >= 4 is 33.7 Å². The first-order valence-electron chi connectivity index (χ1n) is 9.16. The molecule has 1 saturated heterocycles. The molecule has 146 valence electrons. The van der Waals surface area contributed by atoms with Gasteiger partial charge in [-0.1, -0.05) is 52.3 Å². The maximum absolute atomic E-state index is 12.3. The maximum atomic E-state index is 12.3. The Balaban J connectivity index is 1.40. The fraction of sp³-hybridized carbons (Fsp3) is 0.286. The summed E-state index contributed by atoms with van der Waals surface area (Å²) in [5.41, 5.74) is 1.60. The zero-order valence-electron chi connectivity index (χ0n) is 15.4. The lowest BCUT2D eigenvalue weighted by Gasteiger charge is -2.16. The molecule has 28 heavy (non-hydrogen) atoms. The Kier molecular flexibility index (Phi) is 6.81. The van der Waals surface area contributed by atoms with Gasteiger partial charge in [0.1, 0.15) is 0 Å². The predicted molar refractivity (Wildman–Crippen MR) is 109 cm³/mol. The summed E-state index contributed by atoms with van der Waals surface area (Å²) in [4.78, 5) is 38.3. The van der Waals surface area contributed by atoms with Crippen molar-refractivity contribution in [1.29, 1.82) is 0 Å². The molecule has 7 heteroatoms. The minimum absolute atomic E-state index is 0.00744. The van der Waals surface area contributed by atoms with E-state index in [1.165, 1.54) is 0 Å². The van der Waals surface area contributed by atoms with Gasteiger partial charge in [-0.05, 0) is 23.8 Å². The predicted octanol–water partition coefficient (Wildman–Crippen LogP) is 2.34. The van der Waals surface area contributed by atoms with Crippen molar-refractivity contribution in [3.8, 4) is 0 Å². The molecule has 0 aliphatic carbocycles. The molecule has 0 radical (unpaired) electrons. The Morgan fingerprint density at radius 1 is 1.04 bits per heavy atom. The third-order valence-electron chi connectivity index (χ3n) is 4.60. The van der Waals surface area contributed by atoms with Crippen molar-refractivity contribution in [2.75, 3.05) is 19.6 Å². The Morgan fingerprint density at radius 3 is 2.54 bits per heavy atom. The van der Waals surface area contributed by atoms with Crippen LogP contribution in [-0.4, -0.2) is 42.3 Å². The average Bonchev–Trinajstić information content (AvgIpc) is 3.06. The summed E-state index contributed by atoms with van der Waals surface area (Å²) in [6.07, 6.45) is 0.225. The van der Waals surface area contributed by atoms with Crippen LogP contribution >= 0.6 is 15.9 Å². The summed E-state index contributed by atoms with van der Waals surface area (Å²) in [6, 6.07) is 16.8. The van der Waals surface area contributed by atoms with Crippen molar-refractivity contribution in [3.63, 3.8) is 0 Å². The summed E-state index contributed by atoms with van der Waals surface area (Å²) >= 11 is 3.33. The quantitative estimate of drug-likeness (QED) is 0.644. The highest BCUT2D eigenvalue weighted by molar-refractivity contribution is 9.10. The van der Waals surface area contributed by atoms with Gasteiger partial charge < -0.3 is 15.5 Å². The molecule has 1 aliphatic heterocycles. The number of amides is 3. The molecule has 1 unspecified atom stereocenters. The van der Waals surface area contributed by atoms with Gasteiger partial charge in [0, 0.05) is 42.6 Å². The summed E-state index contributed by atoms with van der Waals surface area (Å²) in [5, 5.41) is 5.58. The van der Waals surface area contributed by atoms with Crippen LogP contribution in [0.15, 0.2) is 59.1 Å². The topological polar surface area (TPSA) is 78.5 Å². The number of carbonyl (C=O) groups is 3. The normalized spacial score (nSPS) is 16.1. The Bertz CT molecular complexity index is 857. The molecule has 1 fully saturated rings. The van der Waals surface area contributed by atoms with Crippen LogP contribution < -0.4 is 10.6 Å². The number of hydrogen-bond donors (Lipinski definition) is 2. The minimum atomic E-state index is -0.350. The van der Waals surface area contributed by atoms with E-state index in [2.05, 4.69) is 26.6 Å². The molecule has 2 N–H and O–H groups in total. The lowest BCUT2D eigenvalue weighted by atomic mass is 10.1. The number of carbonyl (C=O) groups excluding carboxylic acids is 3. The first-order valence-corrected chi connectivity index (χ1v) is 9.95. The van der Waals surface area contributed by atoms with Crippen molar-refractivity contribution < 1.29 is 14.4 Å². The highest BCUT2D eigenvalue weighted by Gasteiger charge is 2.33. The van der Waals surface area contributed by atoms with Gasteiger partial charge in [-0.15, -0.1) is 0 Å². The van der Waals surface area contributed by atoms with Gasteiger partial charge in [-0.25, -0.2) is 0 Å². The Hall–Kier alpha value is -2.67. The average molecular weight is 444 g/mol. The van der Waals surface area contributed by atoms with Crippen LogP contribution in [0.3, 0.4) is 0 Å². The lowest BCUT2D eigenvalue weighted by molar-refractivity contribution is -0.129. The molecule has 2 aromatic carbocycles. The molecule has 1 aliphatic rings. The third-order valence-corrected chi connectivity index (χ3v) is 5.09. The second-order valence-corrected chi connectivity index (χ2v) is 7.63. The molecule has 0 bridgehead atoms. The van der Waals surface area contributed by atoms with Crippen LogP contribution in [0.2, 0.25) is 0 Å². The first-order chi connectivity index (χ1) is 13.5. The fourth-order valence-electron chi connectivity index (χ4n) is 3.14. The SMILES string of the molecule is O=C(NCCNC(=O)C1CC(=O)N(Cc2ccccc2)C1)c1cccc(Br)c1. The van der Waals surface area contributed by atoms with Crippen LogP contribution in [0, 0.1) is 5.92 Å². The van der Waals surface area contributed by atoms with E-state index in [0.29, 0.717) is 31.7 Å². The van der Waals surface area contributed by atoms with Gasteiger partial charge in [0.15, 0.2) is 0 Å². The van der Waals surface area contributed by atoms with Crippen molar-refractivity contribution in [3.05, 3.63) is 70.2 Å². The maximum Gasteiger partial charge on any atom is 0.251 e.